The summed E-state index contributed by atoms with van der Waals surface area (Å²) in [4.78, 5) is 26.5. The number of pyridine rings is 1. The minimum atomic E-state index is -1.28. The van der Waals surface area contributed by atoms with E-state index in [-0.39, 0.29) is 34.2 Å². The number of benzene rings is 3. The van der Waals surface area contributed by atoms with Gasteiger partial charge in [-0.25, -0.2) is 9.78 Å². The summed E-state index contributed by atoms with van der Waals surface area (Å²) in [6.07, 6.45) is 0. The Balaban J connectivity index is 0.000000471. The van der Waals surface area contributed by atoms with Crippen LogP contribution in [0.1, 0.15) is 188 Å². The van der Waals surface area contributed by atoms with Crippen molar-refractivity contribution in [3.05, 3.63) is 111 Å². The monoisotopic (exact) mass is 777 g/mol. The SMILES string of the molecule is CC(=Nc1c(C(C)C)cccc1C(C)C)c1cccc(C(C)=Nc2c(C(C)C)cccc2C(C)C)n1.CC(C)c1cc(O)c([O-])c(C(=O)O)c1C(C)C.[Co]. The number of aromatic hydroxyl groups is 1. The maximum Gasteiger partial charge on any atom is 0.335 e. The first-order valence-electron chi connectivity index (χ1n) is 18.9. The molecule has 1 heterocycles. The fraction of sp³-hybridized carbons (Fsp3) is 0.435. The van der Waals surface area contributed by atoms with Gasteiger partial charge in [0.1, 0.15) is 5.75 Å². The molecule has 0 saturated heterocycles. The van der Waals surface area contributed by atoms with Gasteiger partial charge in [-0.3, -0.25) is 9.98 Å². The van der Waals surface area contributed by atoms with E-state index >= 15 is 0 Å². The number of aromatic carboxylic acids is 1. The van der Waals surface area contributed by atoms with E-state index in [0.29, 0.717) is 29.2 Å². The van der Waals surface area contributed by atoms with E-state index in [0.717, 1.165) is 39.7 Å². The zero-order chi connectivity index (χ0) is 39.9. The van der Waals surface area contributed by atoms with Crippen LogP contribution in [-0.2, 0) is 16.8 Å². The van der Waals surface area contributed by atoms with Crippen molar-refractivity contribution in [2.45, 2.75) is 132 Å². The molecule has 54 heavy (non-hydrogen) atoms. The van der Waals surface area contributed by atoms with E-state index in [4.69, 9.17) is 20.1 Å². The van der Waals surface area contributed by atoms with Gasteiger partial charge in [0.05, 0.1) is 39.7 Å². The Morgan fingerprint density at radius 1 is 0.593 bits per heavy atom. The van der Waals surface area contributed by atoms with Crippen molar-refractivity contribution in [3.63, 3.8) is 0 Å². The Morgan fingerprint density at radius 2 is 0.926 bits per heavy atom. The summed E-state index contributed by atoms with van der Waals surface area (Å²) in [6.45, 7) is 29.4. The van der Waals surface area contributed by atoms with Crippen LogP contribution in [0.3, 0.4) is 0 Å². The van der Waals surface area contributed by atoms with E-state index in [9.17, 15) is 15.0 Å². The van der Waals surface area contributed by atoms with Crippen LogP contribution in [0.4, 0.5) is 11.4 Å². The number of hydrogen-bond acceptors (Lipinski definition) is 6. The predicted molar refractivity (Wildman–Crippen MR) is 220 cm³/mol. The van der Waals surface area contributed by atoms with Crippen LogP contribution in [0, 0.1) is 0 Å². The van der Waals surface area contributed by atoms with Gasteiger partial charge in [0.2, 0.25) is 0 Å². The summed E-state index contributed by atoms with van der Waals surface area (Å²) in [5.74, 6) is -0.984. The van der Waals surface area contributed by atoms with Crippen LogP contribution in [-0.4, -0.2) is 32.6 Å². The quantitative estimate of drug-likeness (QED) is 0.147. The maximum absolute atomic E-state index is 11.7. The molecule has 0 saturated carbocycles. The third kappa shape index (κ3) is 10.9. The molecule has 1 aromatic heterocycles. The third-order valence-corrected chi connectivity index (χ3v) is 9.48. The van der Waals surface area contributed by atoms with Crippen LogP contribution in [0.2, 0.25) is 0 Å². The van der Waals surface area contributed by atoms with Gasteiger partial charge in [-0.05, 0) is 101 Å². The smallest absolute Gasteiger partial charge is 0.335 e. The first kappa shape index (κ1) is 45.9. The summed E-state index contributed by atoms with van der Waals surface area (Å²) < 4.78 is 0. The second-order valence-electron chi connectivity index (χ2n) is 15.7. The number of aliphatic imine (C=N–C) groups is 2. The minimum absolute atomic E-state index is 0. The van der Waals surface area contributed by atoms with Crippen molar-refractivity contribution in [1.29, 1.82) is 0 Å². The van der Waals surface area contributed by atoms with Gasteiger partial charge >= 0.3 is 5.97 Å². The number of phenols is 1. The van der Waals surface area contributed by atoms with Crippen molar-refractivity contribution < 1.29 is 36.9 Å². The first-order valence-corrected chi connectivity index (χ1v) is 18.9. The van der Waals surface area contributed by atoms with Gasteiger partial charge in [-0.15, -0.1) is 0 Å². The molecule has 4 aromatic rings. The Morgan fingerprint density at radius 3 is 1.22 bits per heavy atom. The predicted octanol–water partition coefficient (Wildman–Crippen LogP) is 12.3. The van der Waals surface area contributed by atoms with Crippen LogP contribution in [0.5, 0.6) is 11.5 Å². The number of carbonyl (C=O) groups is 1. The molecular formula is C46H60CoN3O4-. The van der Waals surface area contributed by atoms with E-state index in [1.807, 2.05) is 39.8 Å². The Bertz CT molecular complexity index is 1830. The maximum atomic E-state index is 11.7. The standard InChI is InChI=1S/C33H43N3.C13H18O4.Co/c1-20(2)26-14-11-15-27(21(3)4)32(26)34-24(9)30-18-13-19-31(36-30)25(10)35-33-28(22(5)6)16-12-17-29(33)23(7)8;1-6(2)8-5-9(14)12(15)11(13(16)17)10(8)7(3)4;/h11-23H,1-10H3;5-7,14-15H,1-4H3,(H,16,17);/p-1. The molecular weight excluding hydrogens is 717 g/mol. The number of para-hydroxylation sites is 2. The van der Waals surface area contributed by atoms with Gasteiger partial charge in [-0.2, -0.15) is 0 Å². The average Bonchev–Trinajstić information content (AvgIpc) is 3.08. The zero-order valence-corrected chi connectivity index (χ0v) is 35.7. The average molecular weight is 778 g/mol. The third-order valence-electron chi connectivity index (χ3n) is 9.48. The van der Waals surface area contributed by atoms with Crippen molar-refractivity contribution in [2.24, 2.45) is 9.98 Å². The second-order valence-corrected chi connectivity index (χ2v) is 15.7. The first-order chi connectivity index (χ1) is 24.8. The van der Waals surface area contributed by atoms with Gasteiger partial charge in [-0.1, -0.05) is 131 Å². The molecule has 0 aliphatic rings. The normalized spacial score (nSPS) is 12.1. The molecule has 0 fully saturated rings. The van der Waals surface area contributed by atoms with E-state index in [1.165, 1.54) is 28.3 Å². The Hall–Kier alpha value is -4.27. The fourth-order valence-electron chi connectivity index (χ4n) is 6.57. The molecule has 0 unspecified atom stereocenters. The fourth-order valence-corrected chi connectivity index (χ4v) is 6.57. The molecule has 293 valence electrons. The van der Waals surface area contributed by atoms with Gasteiger partial charge < -0.3 is 15.3 Å². The van der Waals surface area contributed by atoms with Gasteiger partial charge in [0, 0.05) is 16.8 Å². The van der Waals surface area contributed by atoms with Gasteiger partial charge in [0.25, 0.3) is 0 Å². The number of phenolic OH excluding ortho intramolecular Hbond substituents is 1. The minimum Gasteiger partial charge on any atom is -0.869 e. The zero-order valence-electron chi connectivity index (χ0n) is 34.6. The molecule has 0 amide bonds. The molecule has 0 spiro atoms. The molecule has 2 N–H and O–H groups in total. The van der Waals surface area contributed by atoms with Crippen molar-refractivity contribution >= 4 is 28.8 Å². The van der Waals surface area contributed by atoms with Crippen LogP contribution in [0.15, 0.2) is 70.6 Å². The molecule has 3 aromatic carbocycles. The Labute approximate surface area is 334 Å². The second kappa shape index (κ2) is 19.9. The molecule has 8 heteroatoms. The van der Waals surface area contributed by atoms with Gasteiger partial charge in [0.15, 0.2) is 0 Å². The number of rotatable bonds is 11. The molecule has 0 aliphatic heterocycles. The summed E-state index contributed by atoms with van der Waals surface area (Å²) in [5, 5.41) is 30.3. The summed E-state index contributed by atoms with van der Waals surface area (Å²) >= 11 is 0. The molecule has 0 atom stereocenters. The van der Waals surface area contributed by atoms with Crippen LogP contribution in [0.25, 0.3) is 0 Å². The van der Waals surface area contributed by atoms with Crippen LogP contribution >= 0.6 is 0 Å². The molecule has 4 rings (SSSR count). The number of carboxylic acids is 1. The van der Waals surface area contributed by atoms with E-state index in [1.54, 1.807) is 0 Å². The largest absolute Gasteiger partial charge is 0.869 e. The molecule has 0 aliphatic carbocycles. The molecule has 0 bridgehead atoms. The van der Waals surface area contributed by atoms with E-state index < -0.39 is 17.5 Å². The Kier molecular flexibility index (Phi) is 16.9. The number of nitrogens with zero attached hydrogens (tertiary/aromatic N) is 3. The topological polar surface area (TPSA) is 118 Å². The number of hydrogen-bond donors (Lipinski definition) is 2. The summed E-state index contributed by atoms with van der Waals surface area (Å²) in [7, 11) is 0. The summed E-state index contributed by atoms with van der Waals surface area (Å²) in [6, 6.07) is 20.6. The molecule has 7 nitrogen and oxygen atoms in total. The number of aromatic nitrogens is 1. The molecule has 1 radical (unpaired) electrons. The van der Waals surface area contributed by atoms with Crippen LogP contribution < -0.4 is 5.11 Å². The number of carboxylic acid groups (broad SMARTS) is 1. The van der Waals surface area contributed by atoms with Crippen molar-refractivity contribution in [3.8, 4) is 11.5 Å². The van der Waals surface area contributed by atoms with Crippen molar-refractivity contribution in [2.75, 3.05) is 0 Å². The van der Waals surface area contributed by atoms with E-state index in [2.05, 4.69) is 112 Å². The van der Waals surface area contributed by atoms with Crippen molar-refractivity contribution in [1.82, 2.24) is 4.98 Å². The summed E-state index contributed by atoms with van der Waals surface area (Å²) in [5.41, 5.74) is 11.8.